The molecule has 2 aromatic rings. The highest BCUT2D eigenvalue weighted by Gasteiger charge is 2.22. The van der Waals surface area contributed by atoms with Crippen LogP contribution in [0.3, 0.4) is 0 Å². The van der Waals surface area contributed by atoms with Gasteiger partial charge in [0.25, 0.3) is 0 Å². The van der Waals surface area contributed by atoms with Gasteiger partial charge in [0.05, 0.1) is 0 Å². The predicted octanol–water partition coefficient (Wildman–Crippen LogP) is 2.40. The number of rotatable bonds is 2. The van der Waals surface area contributed by atoms with Gasteiger partial charge < -0.3 is 0 Å². The highest BCUT2D eigenvalue weighted by molar-refractivity contribution is 7.22. The minimum Gasteiger partial charge on any atom is -0.131 e. The van der Waals surface area contributed by atoms with Crippen LogP contribution in [0.25, 0.3) is 0 Å². The maximum Gasteiger partial charge on any atom is 0.126 e. The minimum absolute atomic E-state index is 0.00250. The van der Waals surface area contributed by atoms with Crippen molar-refractivity contribution < 1.29 is 0 Å². The van der Waals surface area contributed by atoms with Gasteiger partial charge in [-0.3, -0.25) is 0 Å². The van der Waals surface area contributed by atoms with Crippen molar-refractivity contribution in [3.05, 3.63) is 71.8 Å². The molecule has 0 aliphatic carbocycles. The summed E-state index contributed by atoms with van der Waals surface area (Å²) in [7, 11) is 5.17. The lowest BCUT2D eigenvalue weighted by molar-refractivity contribution is 1.06. The summed E-state index contributed by atoms with van der Waals surface area (Å²) < 4.78 is 0. The molecule has 0 saturated carbocycles. The molecule has 1 atom stereocenters. The Labute approximate surface area is 94.3 Å². The number of hydrogen-bond acceptors (Lipinski definition) is 0. The van der Waals surface area contributed by atoms with Crippen LogP contribution in [0.2, 0.25) is 0 Å². The summed E-state index contributed by atoms with van der Waals surface area (Å²) in [6, 6.07) is 21.1. The van der Waals surface area contributed by atoms with E-state index in [0.717, 1.165) is 0 Å². The van der Waals surface area contributed by atoms with E-state index in [2.05, 4.69) is 77.7 Å². The van der Waals surface area contributed by atoms with Gasteiger partial charge in [-0.15, -0.1) is 9.24 Å². The topological polar surface area (TPSA) is 0 Å². The van der Waals surface area contributed by atoms with Gasteiger partial charge in [0.15, 0.2) is 0 Å². The molecule has 0 aliphatic rings. The van der Waals surface area contributed by atoms with Crippen molar-refractivity contribution in [1.82, 2.24) is 0 Å². The standard InChI is InChI=1S/C13H14BP/c14-13(15,11-7-3-1-4-8-11)12-9-5-2-6-10-12/h1-10H,14-15H2. The largest absolute Gasteiger partial charge is 0.131 e. The van der Waals surface area contributed by atoms with Gasteiger partial charge in [0, 0.05) is 5.06 Å². The average Bonchev–Trinajstić information content (AvgIpc) is 2.31. The van der Waals surface area contributed by atoms with E-state index >= 15 is 0 Å². The fourth-order valence-corrected chi connectivity index (χ4v) is 2.12. The number of benzene rings is 2. The fraction of sp³-hybridized carbons (Fsp3) is 0.0769. The first-order chi connectivity index (χ1) is 7.21. The summed E-state index contributed by atoms with van der Waals surface area (Å²) in [4.78, 5) is 0. The van der Waals surface area contributed by atoms with Crippen molar-refractivity contribution >= 4 is 17.1 Å². The van der Waals surface area contributed by atoms with E-state index in [0.29, 0.717) is 0 Å². The van der Waals surface area contributed by atoms with Gasteiger partial charge >= 0.3 is 0 Å². The predicted molar refractivity (Wildman–Crippen MR) is 71.9 cm³/mol. The first-order valence-electron chi connectivity index (χ1n) is 5.11. The van der Waals surface area contributed by atoms with Crippen LogP contribution in [-0.2, 0) is 5.06 Å². The summed E-state index contributed by atoms with van der Waals surface area (Å²) >= 11 is 0. The van der Waals surface area contributed by atoms with E-state index in [4.69, 9.17) is 0 Å². The van der Waals surface area contributed by atoms with Gasteiger partial charge in [-0.2, -0.15) is 0 Å². The van der Waals surface area contributed by atoms with Crippen LogP contribution in [-0.4, -0.2) is 7.85 Å². The van der Waals surface area contributed by atoms with Crippen LogP contribution in [0, 0.1) is 0 Å². The Kier molecular flexibility index (Phi) is 2.93. The second-order valence-corrected chi connectivity index (χ2v) is 5.09. The molecule has 2 rings (SSSR count). The highest BCUT2D eigenvalue weighted by Crippen LogP contribution is 2.34. The second-order valence-electron chi connectivity index (χ2n) is 3.93. The van der Waals surface area contributed by atoms with Crippen molar-refractivity contribution in [2.24, 2.45) is 0 Å². The zero-order valence-electron chi connectivity index (χ0n) is 8.85. The zero-order valence-corrected chi connectivity index (χ0v) is 10.0. The smallest absolute Gasteiger partial charge is 0.126 e. The number of hydrogen-bond donors (Lipinski definition) is 0. The Morgan fingerprint density at radius 3 is 1.40 bits per heavy atom. The van der Waals surface area contributed by atoms with Gasteiger partial charge in [0.1, 0.15) is 7.85 Å². The maximum atomic E-state index is 2.94. The average molecular weight is 212 g/mol. The maximum absolute atomic E-state index is 2.94. The van der Waals surface area contributed by atoms with Crippen LogP contribution >= 0.6 is 9.24 Å². The monoisotopic (exact) mass is 212 g/mol. The minimum atomic E-state index is 0.00250. The summed E-state index contributed by atoms with van der Waals surface area (Å²) in [5.74, 6) is 0. The molecule has 0 heterocycles. The molecule has 2 heteroatoms. The molecule has 1 unspecified atom stereocenters. The van der Waals surface area contributed by atoms with Crippen LogP contribution in [0.15, 0.2) is 60.7 Å². The third-order valence-electron chi connectivity index (χ3n) is 2.75. The van der Waals surface area contributed by atoms with E-state index in [-0.39, 0.29) is 5.06 Å². The van der Waals surface area contributed by atoms with Crippen molar-refractivity contribution in [2.75, 3.05) is 0 Å². The molecule has 0 aliphatic heterocycles. The van der Waals surface area contributed by atoms with Gasteiger partial charge in [-0.1, -0.05) is 60.7 Å². The van der Waals surface area contributed by atoms with Crippen LogP contribution in [0.5, 0.6) is 0 Å². The molecule has 2 aromatic carbocycles. The molecule has 0 aromatic heterocycles. The summed E-state index contributed by atoms with van der Waals surface area (Å²) in [6.07, 6.45) is 0. The van der Waals surface area contributed by atoms with E-state index in [1.54, 1.807) is 0 Å². The van der Waals surface area contributed by atoms with Crippen molar-refractivity contribution in [1.29, 1.82) is 0 Å². The van der Waals surface area contributed by atoms with Crippen LogP contribution < -0.4 is 0 Å². The Morgan fingerprint density at radius 1 is 0.733 bits per heavy atom. The molecule has 0 N–H and O–H groups in total. The Morgan fingerprint density at radius 2 is 1.07 bits per heavy atom. The molecular formula is C13H14BP. The van der Waals surface area contributed by atoms with E-state index < -0.39 is 0 Å². The summed E-state index contributed by atoms with van der Waals surface area (Å²) in [5, 5.41) is 0.00250. The van der Waals surface area contributed by atoms with Gasteiger partial charge in [0.2, 0.25) is 0 Å². The molecule has 0 bridgehead atoms. The van der Waals surface area contributed by atoms with E-state index in [1.807, 2.05) is 0 Å². The summed E-state index contributed by atoms with van der Waals surface area (Å²) in [5.41, 5.74) is 2.64. The van der Waals surface area contributed by atoms with Crippen LogP contribution in [0.4, 0.5) is 0 Å². The second kappa shape index (κ2) is 4.20. The first kappa shape index (κ1) is 10.5. The Hall–Kier alpha value is -1.07. The lowest BCUT2D eigenvalue weighted by atomic mass is 9.74. The third kappa shape index (κ3) is 2.13. The molecule has 74 valence electrons. The van der Waals surface area contributed by atoms with Crippen molar-refractivity contribution in [2.45, 2.75) is 5.06 Å². The van der Waals surface area contributed by atoms with Gasteiger partial charge in [-0.25, -0.2) is 0 Å². The van der Waals surface area contributed by atoms with E-state index in [1.165, 1.54) is 11.1 Å². The molecule has 0 radical (unpaired) electrons. The zero-order chi connectivity index (χ0) is 10.7. The highest BCUT2D eigenvalue weighted by atomic mass is 31.0. The molecule has 0 amide bonds. The normalized spacial score (nSPS) is 11.3. The third-order valence-corrected chi connectivity index (χ3v) is 3.41. The van der Waals surface area contributed by atoms with E-state index in [9.17, 15) is 0 Å². The van der Waals surface area contributed by atoms with Crippen LogP contribution in [0.1, 0.15) is 11.1 Å². The molecular weight excluding hydrogens is 198 g/mol. The van der Waals surface area contributed by atoms with Crippen molar-refractivity contribution in [3.63, 3.8) is 0 Å². The lowest BCUT2D eigenvalue weighted by Gasteiger charge is -2.25. The molecule has 0 spiro atoms. The first-order valence-corrected chi connectivity index (χ1v) is 5.69. The van der Waals surface area contributed by atoms with Gasteiger partial charge in [-0.05, 0) is 11.1 Å². The lowest BCUT2D eigenvalue weighted by Crippen LogP contribution is -2.19. The molecule has 0 fully saturated rings. The fourth-order valence-electron chi connectivity index (χ4n) is 1.74. The Balaban J connectivity index is 2.44. The Bertz CT molecular complexity index is 381. The quantitative estimate of drug-likeness (QED) is 0.529. The summed E-state index contributed by atoms with van der Waals surface area (Å²) in [6.45, 7) is 0. The SMILES string of the molecule is BC(P)(c1ccccc1)c1ccccc1. The molecule has 0 saturated heterocycles. The molecule has 15 heavy (non-hydrogen) atoms. The van der Waals surface area contributed by atoms with Crippen molar-refractivity contribution in [3.8, 4) is 0 Å². The molecule has 0 nitrogen and oxygen atoms in total.